The Kier molecular flexibility index (Phi) is 4.55. The van der Waals surface area contributed by atoms with Crippen LogP contribution in [0, 0.1) is 11.3 Å². The van der Waals surface area contributed by atoms with Crippen LogP contribution in [0.15, 0.2) is 16.5 Å². The van der Waals surface area contributed by atoms with E-state index >= 15 is 0 Å². The lowest BCUT2D eigenvalue weighted by molar-refractivity contribution is 0.0925. The van der Waals surface area contributed by atoms with Crippen LogP contribution in [0.4, 0.5) is 0 Å². The quantitative estimate of drug-likeness (QED) is 0.705. The van der Waals surface area contributed by atoms with Gasteiger partial charge in [-0.15, -0.1) is 0 Å². The van der Waals surface area contributed by atoms with Crippen LogP contribution in [0.25, 0.3) is 0 Å². The van der Waals surface area contributed by atoms with Gasteiger partial charge in [0.2, 0.25) is 0 Å². The second-order valence-corrected chi connectivity index (χ2v) is 6.12. The molecule has 1 heterocycles. The fourth-order valence-electron chi connectivity index (χ4n) is 2.25. The van der Waals surface area contributed by atoms with E-state index in [0.29, 0.717) is 18.1 Å². The molecule has 0 N–H and O–H groups in total. The molecule has 96 valence electrons. The normalized spacial score (nSPS) is 13.7. The molecule has 0 bridgehead atoms. The molecule has 0 aliphatic carbocycles. The van der Waals surface area contributed by atoms with Gasteiger partial charge in [-0.25, -0.2) is 0 Å². The molecule has 0 fully saturated rings. The van der Waals surface area contributed by atoms with E-state index in [9.17, 15) is 4.79 Å². The zero-order chi connectivity index (χ0) is 13.1. The number of hydrogen-bond donors (Lipinski definition) is 0. The van der Waals surface area contributed by atoms with Gasteiger partial charge in [0.05, 0.1) is 0 Å². The average Bonchev–Trinajstić information content (AvgIpc) is 2.62. The van der Waals surface area contributed by atoms with Crippen molar-refractivity contribution < 1.29 is 9.21 Å². The van der Waals surface area contributed by atoms with Crippen molar-refractivity contribution in [3.63, 3.8) is 0 Å². The lowest BCUT2D eigenvalue weighted by Gasteiger charge is -2.22. The Bertz CT molecular complexity index is 369. The molecule has 0 spiro atoms. The molecule has 0 aliphatic rings. The molecular weight excluding hydrogens is 212 g/mol. The maximum Gasteiger partial charge on any atom is 0.198 e. The molecule has 2 heteroatoms. The summed E-state index contributed by atoms with van der Waals surface area (Å²) < 4.78 is 5.48. The molecule has 1 atom stereocenters. The molecule has 0 aliphatic heterocycles. The predicted molar refractivity (Wildman–Crippen MR) is 70.3 cm³/mol. The van der Waals surface area contributed by atoms with Crippen LogP contribution < -0.4 is 0 Å². The molecule has 1 rings (SSSR count). The van der Waals surface area contributed by atoms with E-state index < -0.39 is 0 Å². The van der Waals surface area contributed by atoms with Crippen LogP contribution in [-0.2, 0) is 6.42 Å². The van der Waals surface area contributed by atoms with Crippen LogP contribution in [0.2, 0.25) is 0 Å². The molecule has 2 nitrogen and oxygen atoms in total. The van der Waals surface area contributed by atoms with E-state index in [4.69, 9.17) is 4.42 Å². The molecule has 1 aromatic rings. The number of aryl methyl sites for hydroxylation is 1. The van der Waals surface area contributed by atoms with Gasteiger partial charge in [0.1, 0.15) is 5.76 Å². The first-order chi connectivity index (χ1) is 7.81. The average molecular weight is 236 g/mol. The fourth-order valence-corrected chi connectivity index (χ4v) is 2.25. The lowest BCUT2D eigenvalue weighted by atomic mass is 9.83. The zero-order valence-electron chi connectivity index (χ0n) is 11.7. The van der Waals surface area contributed by atoms with Gasteiger partial charge in [-0.05, 0) is 29.9 Å². The summed E-state index contributed by atoms with van der Waals surface area (Å²) in [6.45, 7) is 10.8. The third-order valence-electron chi connectivity index (χ3n) is 2.78. The van der Waals surface area contributed by atoms with Crippen LogP contribution in [0.1, 0.15) is 63.8 Å². The molecule has 1 aromatic heterocycles. The van der Waals surface area contributed by atoms with Gasteiger partial charge in [-0.1, -0.05) is 34.6 Å². The highest BCUT2D eigenvalue weighted by Crippen LogP contribution is 2.27. The molecule has 0 saturated carbocycles. The van der Waals surface area contributed by atoms with E-state index in [2.05, 4.69) is 27.7 Å². The number of Topliss-reactive ketones (excluding diaryl/α,β-unsaturated/α-hetero) is 1. The Morgan fingerprint density at radius 2 is 2.00 bits per heavy atom. The summed E-state index contributed by atoms with van der Waals surface area (Å²) >= 11 is 0. The van der Waals surface area contributed by atoms with Crippen LogP contribution >= 0.6 is 0 Å². The molecule has 0 aromatic carbocycles. The molecule has 0 radical (unpaired) electrons. The first kappa shape index (κ1) is 14.0. The molecule has 0 saturated heterocycles. The van der Waals surface area contributed by atoms with Crippen LogP contribution in [-0.4, -0.2) is 5.78 Å². The van der Waals surface area contributed by atoms with Gasteiger partial charge in [0.25, 0.3) is 0 Å². The van der Waals surface area contributed by atoms with E-state index in [1.165, 1.54) is 0 Å². The van der Waals surface area contributed by atoms with Crippen LogP contribution in [0.5, 0.6) is 0 Å². The first-order valence-electron chi connectivity index (χ1n) is 6.43. The molecule has 1 unspecified atom stereocenters. The highest BCUT2D eigenvalue weighted by Gasteiger charge is 2.19. The Morgan fingerprint density at radius 1 is 1.35 bits per heavy atom. The Hall–Kier alpha value is -1.05. The lowest BCUT2D eigenvalue weighted by Crippen LogP contribution is -2.14. The highest BCUT2D eigenvalue weighted by atomic mass is 16.3. The second-order valence-electron chi connectivity index (χ2n) is 6.12. The number of carbonyl (C=O) groups is 1. The zero-order valence-corrected chi connectivity index (χ0v) is 11.7. The van der Waals surface area contributed by atoms with Gasteiger partial charge in [0.15, 0.2) is 11.5 Å². The van der Waals surface area contributed by atoms with Gasteiger partial charge in [-0.3, -0.25) is 4.79 Å². The van der Waals surface area contributed by atoms with E-state index in [0.717, 1.165) is 18.6 Å². The topological polar surface area (TPSA) is 30.2 Å². The Morgan fingerprint density at radius 3 is 2.47 bits per heavy atom. The monoisotopic (exact) mass is 236 g/mol. The summed E-state index contributed by atoms with van der Waals surface area (Å²) in [6, 6.07) is 3.69. The molecule has 17 heavy (non-hydrogen) atoms. The largest absolute Gasteiger partial charge is 0.458 e. The summed E-state index contributed by atoms with van der Waals surface area (Å²) in [7, 11) is 0. The number of rotatable bonds is 5. The van der Waals surface area contributed by atoms with Crippen molar-refractivity contribution in [2.45, 2.75) is 53.9 Å². The minimum absolute atomic E-state index is 0.126. The number of furan rings is 1. The summed E-state index contributed by atoms with van der Waals surface area (Å²) in [6.07, 6.45) is 2.47. The van der Waals surface area contributed by atoms with Gasteiger partial charge < -0.3 is 4.42 Å². The smallest absolute Gasteiger partial charge is 0.198 e. The van der Waals surface area contributed by atoms with Gasteiger partial charge in [0, 0.05) is 12.8 Å². The van der Waals surface area contributed by atoms with Crippen molar-refractivity contribution in [2.75, 3.05) is 0 Å². The SMILES string of the molecule is CCc1ccc(C(=O)CC(C)CC(C)(C)C)o1. The fraction of sp³-hybridized carbons (Fsp3) is 0.667. The minimum Gasteiger partial charge on any atom is -0.458 e. The van der Waals surface area contributed by atoms with Crippen molar-refractivity contribution in [3.8, 4) is 0 Å². The first-order valence-corrected chi connectivity index (χ1v) is 6.43. The minimum atomic E-state index is 0.126. The molecular formula is C15H24O2. The van der Waals surface area contributed by atoms with Gasteiger partial charge in [-0.2, -0.15) is 0 Å². The maximum absolute atomic E-state index is 12.0. The van der Waals surface area contributed by atoms with E-state index in [-0.39, 0.29) is 11.2 Å². The summed E-state index contributed by atoms with van der Waals surface area (Å²) in [5.41, 5.74) is 0.275. The standard InChI is InChI=1S/C15H24O2/c1-6-12-7-8-14(17-12)13(16)9-11(2)10-15(3,4)5/h7-8,11H,6,9-10H2,1-5H3. The Labute approximate surface area is 104 Å². The predicted octanol–water partition coefficient (Wildman–Crippen LogP) is 4.49. The van der Waals surface area contributed by atoms with E-state index in [1.807, 2.05) is 13.0 Å². The summed E-state index contributed by atoms with van der Waals surface area (Å²) in [4.78, 5) is 12.0. The second kappa shape index (κ2) is 5.52. The number of carbonyl (C=O) groups excluding carboxylic acids is 1. The van der Waals surface area contributed by atoms with Crippen molar-refractivity contribution in [2.24, 2.45) is 11.3 Å². The summed E-state index contributed by atoms with van der Waals surface area (Å²) in [5, 5.41) is 0. The number of hydrogen-bond acceptors (Lipinski definition) is 2. The molecule has 0 amide bonds. The Balaban J connectivity index is 2.54. The van der Waals surface area contributed by atoms with Gasteiger partial charge >= 0.3 is 0 Å². The van der Waals surface area contributed by atoms with Crippen molar-refractivity contribution in [3.05, 3.63) is 23.7 Å². The van der Waals surface area contributed by atoms with Crippen molar-refractivity contribution in [1.82, 2.24) is 0 Å². The third kappa shape index (κ3) is 4.76. The van der Waals surface area contributed by atoms with Crippen LogP contribution in [0.3, 0.4) is 0 Å². The van der Waals surface area contributed by atoms with Crippen molar-refractivity contribution in [1.29, 1.82) is 0 Å². The van der Waals surface area contributed by atoms with Crippen molar-refractivity contribution >= 4 is 5.78 Å². The number of ketones is 1. The maximum atomic E-state index is 12.0. The highest BCUT2D eigenvalue weighted by molar-refractivity contribution is 5.93. The van der Waals surface area contributed by atoms with E-state index in [1.54, 1.807) is 6.07 Å². The third-order valence-corrected chi connectivity index (χ3v) is 2.78. The summed E-state index contributed by atoms with van der Waals surface area (Å²) in [5.74, 6) is 1.93.